The van der Waals surface area contributed by atoms with Crippen LogP contribution in [0.15, 0.2) is 24.3 Å². The highest BCUT2D eigenvalue weighted by molar-refractivity contribution is 7.90. The zero-order valence-corrected chi connectivity index (χ0v) is 9.65. The summed E-state index contributed by atoms with van der Waals surface area (Å²) in [5.41, 5.74) is 0.0492. The Balaban J connectivity index is 3.29. The Morgan fingerprint density at radius 2 is 1.94 bits per heavy atom. The average Bonchev–Trinajstić information content (AvgIpc) is 2.28. The summed E-state index contributed by atoms with van der Waals surface area (Å²) in [5.74, 6) is -1.17. The van der Waals surface area contributed by atoms with Gasteiger partial charge in [-0.1, -0.05) is 12.1 Å². The van der Waals surface area contributed by atoms with Crippen LogP contribution in [0.5, 0.6) is 0 Å². The van der Waals surface area contributed by atoms with Gasteiger partial charge in [0.25, 0.3) is 0 Å². The van der Waals surface area contributed by atoms with E-state index in [9.17, 15) is 13.2 Å². The number of aromatic carboxylic acids is 1. The Kier molecular flexibility index (Phi) is 3.51. The second-order valence-corrected chi connectivity index (χ2v) is 4.91. The van der Waals surface area contributed by atoms with Crippen molar-refractivity contribution in [1.82, 2.24) is 4.72 Å². The van der Waals surface area contributed by atoms with Gasteiger partial charge < -0.3 is 5.11 Å². The van der Waals surface area contributed by atoms with Crippen LogP contribution in [0.25, 0.3) is 0 Å². The van der Waals surface area contributed by atoms with Crippen molar-refractivity contribution in [1.29, 1.82) is 0 Å². The molecule has 88 valence electrons. The van der Waals surface area contributed by atoms with Crippen molar-refractivity contribution in [2.75, 3.05) is 18.4 Å². The van der Waals surface area contributed by atoms with E-state index in [0.29, 0.717) is 0 Å². The highest BCUT2D eigenvalue weighted by Crippen LogP contribution is 2.20. The average molecular weight is 244 g/mol. The van der Waals surface area contributed by atoms with E-state index < -0.39 is 16.2 Å². The first-order valence-corrected chi connectivity index (χ1v) is 5.84. The second-order valence-electron chi connectivity index (χ2n) is 3.00. The molecule has 1 aromatic carbocycles. The van der Waals surface area contributed by atoms with Crippen LogP contribution in [0.1, 0.15) is 10.4 Å². The number of nitrogens with one attached hydrogen (secondary N) is 1. The molecule has 16 heavy (non-hydrogen) atoms. The van der Waals surface area contributed by atoms with Crippen LogP contribution in [-0.4, -0.2) is 33.6 Å². The quantitative estimate of drug-likeness (QED) is 0.796. The summed E-state index contributed by atoms with van der Waals surface area (Å²) in [6, 6.07) is 5.88. The van der Waals surface area contributed by atoms with E-state index in [0.717, 1.165) is 4.31 Å². The van der Waals surface area contributed by atoms with E-state index in [4.69, 9.17) is 5.11 Å². The van der Waals surface area contributed by atoms with Gasteiger partial charge in [-0.25, -0.2) is 9.52 Å². The Morgan fingerprint density at radius 1 is 1.38 bits per heavy atom. The number of anilines is 1. The molecule has 2 N–H and O–H groups in total. The summed E-state index contributed by atoms with van der Waals surface area (Å²) in [5, 5.41) is 8.91. The van der Waals surface area contributed by atoms with E-state index in [-0.39, 0.29) is 11.3 Å². The fourth-order valence-electron chi connectivity index (χ4n) is 1.20. The van der Waals surface area contributed by atoms with E-state index >= 15 is 0 Å². The lowest BCUT2D eigenvalue weighted by atomic mass is 10.2. The van der Waals surface area contributed by atoms with Crippen molar-refractivity contribution in [3.8, 4) is 0 Å². The maximum atomic E-state index is 11.5. The molecule has 0 aliphatic rings. The normalized spacial score (nSPS) is 11.1. The molecule has 0 amide bonds. The predicted octanol–water partition coefficient (Wildman–Crippen LogP) is 0.285. The Hall–Kier alpha value is -1.60. The highest BCUT2D eigenvalue weighted by atomic mass is 32.2. The minimum atomic E-state index is -3.69. The van der Waals surface area contributed by atoms with E-state index in [1.807, 2.05) is 0 Å². The number of carbonyl (C=O) groups is 1. The summed E-state index contributed by atoms with van der Waals surface area (Å²) in [4.78, 5) is 10.9. The molecule has 1 rings (SSSR count). The predicted molar refractivity (Wildman–Crippen MR) is 59.8 cm³/mol. The number of carboxylic acid groups (broad SMARTS) is 1. The SMILES string of the molecule is CNS(=O)(=O)N(C)c1ccccc1C(=O)O. The van der Waals surface area contributed by atoms with Crippen LogP contribution in [0, 0.1) is 0 Å². The molecule has 0 aliphatic heterocycles. The minimum absolute atomic E-state index is 0.0659. The van der Waals surface area contributed by atoms with Crippen LogP contribution >= 0.6 is 0 Å². The van der Waals surface area contributed by atoms with Crippen LogP contribution in [0.4, 0.5) is 5.69 Å². The zero-order valence-electron chi connectivity index (χ0n) is 8.84. The fourth-order valence-corrected chi connectivity index (χ4v) is 1.89. The molecule has 0 bridgehead atoms. The number of rotatable bonds is 4. The lowest BCUT2D eigenvalue weighted by molar-refractivity contribution is 0.0698. The summed E-state index contributed by atoms with van der Waals surface area (Å²) in [7, 11) is -1.14. The van der Waals surface area contributed by atoms with Crippen molar-refractivity contribution in [3.63, 3.8) is 0 Å². The van der Waals surface area contributed by atoms with Crippen molar-refractivity contribution in [2.45, 2.75) is 0 Å². The smallest absolute Gasteiger partial charge is 0.337 e. The van der Waals surface area contributed by atoms with Crippen LogP contribution in [-0.2, 0) is 10.2 Å². The van der Waals surface area contributed by atoms with Crippen LogP contribution < -0.4 is 9.03 Å². The van der Waals surface area contributed by atoms with Gasteiger partial charge in [0, 0.05) is 14.1 Å². The monoisotopic (exact) mass is 244 g/mol. The van der Waals surface area contributed by atoms with Gasteiger partial charge in [0.15, 0.2) is 0 Å². The molecule has 0 fully saturated rings. The van der Waals surface area contributed by atoms with Gasteiger partial charge in [-0.2, -0.15) is 8.42 Å². The molecule has 0 heterocycles. The van der Waals surface area contributed by atoms with Gasteiger partial charge in [-0.3, -0.25) is 4.31 Å². The van der Waals surface area contributed by atoms with Gasteiger partial charge in [0.05, 0.1) is 11.3 Å². The van der Waals surface area contributed by atoms with Gasteiger partial charge in [0.2, 0.25) is 0 Å². The molecule has 0 atom stereocenters. The number of benzene rings is 1. The number of nitrogens with zero attached hydrogens (tertiary/aromatic N) is 1. The van der Waals surface area contributed by atoms with Gasteiger partial charge in [-0.05, 0) is 12.1 Å². The van der Waals surface area contributed by atoms with E-state index in [1.165, 1.54) is 32.3 Å². The summed E-state index contributed by atoms with van der Waals surface area (Å²) in [6.45, 7) is 0. The first kappa shape index (κ1) is 12.5. The molecular formula is C9H12N2O4S. The zero-order chi connectivity index (χ0) is 12.3. The second kappa shape index (κ2) is 4.50. The molecule has 0 aromatic heterocycles. The van der Waals surface area contributed by atoms with E-state index in [2.05, 4.69) is 4.72 Å². The Bertz CT molecular complexity index is 498. The maximum absolute atomic E-state index is 11.5. The van der Waals surface area contributed by atoms with Crippen molar-refractivity contribution in [3.05, 3.63) is 29.8 Å². The van der Waals surface area contributed by atoms with Gasteiger partial charge in [0.1, 0.15) is 0 Å². The Morgan fingerprint density at radius 3 is 2.44 bits per heavy atom. The van der Waals surface area contributed by atoms with Crippen molar-refractivity contribution < 1.29 is 18.3 Å². The third-order valence-electron chi connectivity index (χ3n) is 2.09. The van der Waals surface area contributed by atoms with Crippen molar-refractivity contribution >= 4 is 21.9 Å². The number of carboxylic acids is 1. The molecule has 0 aliphatic carbocycles. The lowest BCUT2D eigenvalue weighted by Crippen LogP contribution is -2.36. The summed E-state index contributed by atoms with van der Waals surface area (Å²) >= 11 is 0. The molecule has 0 saturated heterocycles. The molecular weight excluding hydrogens is 232 g/mol. The summed E-state index contributed by atoms with van der Waals surface area (Å²) in [6.07, 6.45) is 0. The molecule has 0 radical (unpaired) electrons. The van der Waals surface area contributed by atoms with Gasteiger partial charge in [-0.15, -0.1) is 0 Å². The van der Waals surface area contributed by atoms with Crippen molar-refractivity contribution in [2.24, 2.45) is 0 Å². The molecule has 7 heteroatoms. The number of para-hydroxylation sites is 1. The number of hydrogen-bond donors (Lipinski definition) is 2. The third kappa shape index (κ3) is 2.31. The third-order valence-corrected chi connectivity index (χ3v) is 3.53. The first-order chi connectivity index (χ1) is 7.40. The van der Waals surface area contributed by atoms with Crippen LogP contribution in [0.3, 0.4) is 0 Å². The molecule has 6 nitrogen and oxygen atoms in total. The lowest BCUT2D eigenvalue weighted by Gasteiger charge is -2.19. The van der Waals surface area contributed by atoms with Gasteiger partial charge >= 0.3 is 16.2 Å². The number of hydrogen-bond acceptors (Lipinski definition) is 3. The molecule has 1 aromatic rings. The Labute approximate surface area is 93.7 Å². The maximum Gasteiger partial charge on any atom is 0.337 e. The standard InChI is InChI=1S/C9H12N2O4S/c1-10-16(14,15)11(2)8-6-4-3-5-7(8)9(12)13/h3-6,10H,1-2H3,(H,12,13). The first-order valence-electron chi connectivity index (χ1n) is 4.40. The van der Waals surface area contributed by atoms with Crippen LogP contribution in [0.2, 0.25) is 0 Å². The highest BCUT2D eigenvalue weighted by Gasteiger charge is 2.20. The molecule has 0 unspecified atom stereocenters. The largest absolute Gasteiger partial charge is 0.478 e. The fraction of sp³-hybridized carbons (Fsp3) is 0.222. The van der Waals surface area contributed by atoms with E-state index in [1.54, 1.807) is 6.07 Å². The summed E-state index contributed by atoms with van der Waals surface area (Å²) < 4.78 is 26.0. The minimum Gasteiger partial charge on any atom is -0.478 e. The molecule has 0 saturated carbocycles. The topological polar surface area (TPSA) is 86.7 Å². The molecule has 0 spiro atoms.